The van der Waals surface area contributed by atoms with Gasteiger partial charge in [0, 0.05) is 25.0 Å². The first-order chi connectivity index (χ1) is 9.44. The highest BCUT2D eigenvalue weighted by molar-refractivity contribution is 5.80. The minimum atomic E-state index is -0.294. The second-order valence-electron chi connectivity index (χ2n) is 6.25. The molecule has 2 rings (SSSR count). The van der Waals surface area contributed by atoms with Gasteiger partial charge in [0.25, 0.3) is 0 Å². The Kier molecular flexibility index (Phi) is 4.31. The van der Waals surface area contributed by atoms with Crippen LogP contribution in [-0.2, 0) is 5.41 Å². The van der Waals surface area contributed by atoms with Gasteiger partial charge in [-0.05, 0) is 24.0 Å². The van der Waals surface area contributed by atoms with E-state index in [-0.39, 0.29) is 11.2 Å². The second kappa shape index (κ2) is 5.81. The minimum absolute atomic E-state index is 0.155. The van der Waals surface area contributed by atoms with Crippen molar-refractivity contribution in [3.8, 4) is 0 Å². The third kappa shape index (κ3) is 3.50. The molecule has 20 heavy (non-hydrogen) atoms. The van der Waals surface area contributed by atoms with Gasteiger partial charge in [-0.25, -0.2) is 4.39 Å². The summed E-state index contributed by atoms with van der Waals surface area (Å²) in [5, 5.41) is 6.67. The van der Waals surface area contributed by atoms with Crippen LogP contribution < -0.4 is 10.6 Å². The molecule has 0 radical (unpaired) electrons. The molecule has 0 heterocycles. The molecule has 1 saturated carbocycles. The minimum Gasteiger partial charge on any atom is -0.356 e. The van der Waals surface area contributed by atoms with Gasteiger partial charge in [-0.3, -0.25) is 4.99 Å². The predicted octanol–water partition coefficient (Wildman–Crippen LogP) is 2.68. The summed E-state index contributed by atoms with van der Waals surface area (Å²) in [6, 6.07) is 7.47. The highest BCUT2D eigenvalue weighted by Gasteiger charge is 2.33. The number of nitrogens with zero attached hydrogens (tertiary/aromatic N) is 1. The van der Waals surface area contributed by atoms with Gasteiger partial charge >= 0.3 is 0 Å². The van der Waals surface area contributed by atoms with Gasteiger partial charge in [0.2, 0.25) is 0 Å². The number of benzene rings is 1. The van der Waals surface area contributed by atoms with E-state index >= 15 is 0 Å². The molecule has 1 aliphatic rings. The molecule has 1 aliphatic carbocycles. The Morgan fingerprint density at radius 3 is 2.60 bits per heavy atom. The average molecular weight is 277 g/mol. The number of guanidine groups is 1. The molecule has 2 N–H and O–H groups in total. The molecule has 1 aromatic carbocycles. The predicted molar refractivity (Wildman–Crippen MR) is 81.5 cm³/mol. The maximum absolute atomic E-state index is 13.9. The standard InChI is InChI=1S/C16H24FN3/c1-11-9-14(11)20-15(18-4)19-10-16(2,3)12-7-5-6-8-13(12)17/h5-8,11,14H,9-10H2,1-4H3,(H2,18,19,20). The SMILES string of the molecule is CN=C(NCC(C)(C)c1ccccc1F)NC1CC1C. The lowest BCUT2D eigenvalue weighted by Crippen LogP contribution is -2.44. The number of hydrogen-bond acceptors (Lipinski definition) is 1. The van der Waals surface area contributed by atoms with E-state index in [0.29, 0.717) is 18.5 Å². The monoisotopic (exact) mass is 277 g/mol. The van der Waals surface area contributed by atoms with Gasteiger partial charge in [0.1, 0.15) is 5.82 Å². The zero-order valence-corrected chi connectivity index (χ0v) is 12.7. The van der Waals surface area contributed by atoms with Crippen LogP contribution in [0, 0.1) is 11.7 Å². The summed E-state index contributed by atoms with van der Waals surface area (Å²) in [6.07, 6.45) is 1.19. The number of aliphatic imine (C=N–C) groups is 1. The number of rotatable bonds is 4. The first-order valence-electron chi connectivity index (χ1n) is 7.16. The molecule has 0 aliphatic heterocycles. The fourth-order valence-corrected chi connectivity index (χ4v) is 2.30. The molecule has 0 bridgehead atoms. The van der Waals surface area contributed by atoms with Crippen LogP contribution in [-0.4, -0.2) is 25.6 Å². The van der Waals surface area contributed by atoms with Gasteiger partial charge < -0.3 is 10.6 Å². The van der Waals surface area contributed by atoms with Crippen LogP contribution in [0.25, 0.3) is 0 Å². The van der Waals surface area contributed by atoms with Crippen LogP contribution in [0.1, 0.15) is 32.8 Å². The number of nitrogens with one attached hydrogen (secondary N) is 2. The van der Waals surface area contributed by atoms with E-state index in [1.807, 2.05) is 26.0 Å². The van der Waals surface area contributed by atoms with Crippen molar-refractivity contribution in [1.29, 1.82) is 0 Å². The van der Waals surface area contributed by atoms with Crippen molar-refractivity contribution < 1.29 is 4.39 Å². The zero-order chi connectivity index (χ0) is 14.8. The summed E-state index contributed by atoms with van der Waals surface area (Å²) < 4.78 is 13.9. The van der Waals surface area contributed by atoms with E-state index in [0.717, 1.165) is 11.5 Å². The van der Waals surface area contributed by atoms with Crippen molar-refractivity contribution in [2.75, 3.05) is 13.6 Å². The fourth-order valence-electron chi connectivity index (χ4n) is 2.30. The molecule has 2 unspecified atom stereocenters. The molecule has 0 saturated heterocycles. The van der Waals surface area contributed by atoms with E-state index in [9.17, 15) is 4.39 Å². The van der Waals surface area contributed by atoms with Crippen LogP contribution in [0.5, 0.6) is 0 Å². The van der Waals surface area contributed by atoms with Crippen molar-refractivity contribution in [2.45, 2.75) is 38.6 Å². The normalized spacial score (nSPS) is 22.6. The molecular formula is C16H24FN3. The summed E-state index contributed by atoms with van der Waals surface area (Å²) in [6.45, 7) is 6.92. The Morgan fingerprint density at radius 2 is 2.05 bits per heavy atom. The molecule has 1 aromatic rings. The number of halogens is 1. The van der Waals surface area contributed by atoms with Crippen molar-refractivity contribution >= 4 is 5.96 Å². The second-order valence-corrected chi connectivity index (χ2v) is 6.25. The average Bonchev–Trinajstić information content (AvgIpc) is 3.10. The third-order valence-corrected chi connectivity index (χ3v) is 3.96. The zero-order valence-electron chi connectivity index (χ0n) is 12.7. The molecule has 0 aromatic heterocycles. The Labute approximate surface area is 120 Å². The van der Waals surface area contributed by atoms with Gasteiger partial charge in [0.15, 0.2) is 5.96 Å². The van der Waals surface area contributed by atoms with Crippen LogP contribution in [0.4, 0.5) is 4.39 Å². The van der Waals surface area contributed by atoms with Crippen molar-refractivity contribution in [2.24, 2.45) is 10.9 Å². The van der Waals surface area contributed by atoms with Gasteiger partial charge in [-0.15, -0.1) is 0 Å². The first-order valence-corrected chi connectivity index (χ1v) is 7.16. The Balaban J connectivity index is 1.96. The lowest BCUT2D eigenvalue weighted by Gasteiger charge is -2.27. The van der Waals surface area contributed by atoms with E-state index in [4.69, 9.17) is 0 Å². The molecule has 110 valence electrons. The van der Waals surface area contributed by atoms with E-state index < -0.39 is 0 Å². The summed E-state index contributed by atoms with van der Waals surface area (Å²) in [5.41, 5.74) is 0.431. The summed E-state index contributed by atoms with van der Waals surface area (Å²) in [7, 11) is 1.76. The Bertz CT molecular complexity index is 496. The molecule has 3 nitrogen and oxygen atoms in total. The molecule has 0 amide bonds. The van der Waals surface area contributed by atoms with Crippen LogP contribution in [0.3, 0.4) is 0 Å². The van der Waals surface area contributed by atoms with Gasteiger partial charge in [0.05, 0.1) is 0 Å². The van der Waals surface area contributed by atoms with Crippen LogP contribution >= 0.6 is 0 Å². The lowest BCUT2D eigenvalue weighted by atomic mass is 9.84. The lowest BCUT2D eigenvalue weighted by molar-refractivity contribution is 0.473. The number of hydrogen-bond donors (Lipinski definition) is 2. The largest absolute Gasteiger partial charge is 0.356 e. The van der Waals surface area contributed by atoms with E-state index in [1.54, 1.807) is 13.1 Å². The summed E-state index contributed by atoms with van der Waals surface area (Å²) in [5.74, 6) is 1.36. The highest BCUT2D eigenvalue weighted by atomic mass is 19.1. The Hall–Kier alpha value is -1.58. The summed E-state index contributed by atoms with van der Waals surface area (Å²) >= 11 is 0. The first kappa shape index (κ1) is 14.8. The van der Waals surface area contributed by atoms with Crippen molar-refractivity contribution in [3.63, 3.8) is 0 Å². The maximum Gasteiger partial charge on any atom is 0.191 e. The molecule has 4 heteroatoms. The molecule has 0 spiro atoms. The van der Waals surface area contributed by atoms with Gasteiger partial charge in [-0.2, -0.15) is 0 Å². The molecule has 1 fully saturated rings. The Morgan fingerprint density at radius 1 is 1.40 bits per heavy atom. The highest BCUT2D eigenvalue weighted by Crippen LogP contribution is 2.29. The quantitative estimate of drug-likeness (QED) is 0.656. The molecular weight excluding hydrogens is 253 g/mol. The molecule has 2 atom stereocenters. The third-order valence-electron chi connectivity index (χ3n) is 3.96. The topological polar surface area (TPSA) is 36.4 Å². The fraction of sp³-hybridized carbons (Fsp3) is 0.562. The maximum atomic E-state index is 13.9. The van der Waals surface area contributed by atoms with Gasteiger partial charge in [-0.1, -0.05) is 39.0 Å². The van der Waals surface area contributed by atoms with E-state index in [2.05, 4.69) is 22.5 Å². The van der Waals surface area contributed by atoms with Crippen LogP contribution in [0.15, 0.2) is 29.3 Å². The smallest absolute Gasteiger partial charge is 0.191 e. The van der Waals surface area contributed by atoms with Crippen molar-refractivity contribution in [1.82, 2.24) is 10.6 Å². The summed E-state index contributed by atoms with van der Waals surface area (Å²) in [4.78, 5) is 4.22. The van der Waals surface area contributed by atoms with E-state index in [1.165, 1.54) is 12.5 Å². The van der Waals surface area contributed by atoms with Crippen molar-refractivity contribution in [3.05, 3.63) is 35.6 Å². The van der Waals surface area contributed by atoms with Crippen LogP contribution in [0.2, 0.25) is 0 Å².